The second-order valence-electron chi connectivity index (χ2n) is 7.55. The molecule has 4 rings (SSSR count). The third-order valence-electron chi connectivity index (χ3n) is 5.28. The Balaban J connectivity index is 1.53. The van der Waals surface area contributed by atoms with E-state index in [1.165, 1.54) is 0 Å². The minimum atomic E-state index is -0.112. The molecular weight excluding hydrogens is 376 g/mol. The molecule has 1 atom stereocenters. The van der Waals surface area contributed by atoms with Gasteiger partial charge in [0.1, 0.15) is 17.3 Å². The summed E-state index contributed by atoms with van der Waals surface area (Å²) < 4.78 is 0. The average molecular weight is 403 g/mol. The molecule has 1 N–H and O–H groups in total. The van der Waals surface area contributed by atoms with Gasteiger partial charge in [-0.05, 0) is 50.5 Å². The van der Waals surface area contributed by atoms with Crippen LogP contribution in [0.15, 0.2) is 48.7 Å². The van der Waals surface area contributed by atoms with E-state index in [1.54, 1.807) is 6.20 Å². The molecule has 3 aromatic heterocycles. The number of piperidine rings is 1. The van der Waals surface area contributed by atoms with Gasteiger partial charge in [0.05, 0.1) is 5.92 Å². The number of carbonyl (C=O) groups excluding carboxylic acids is 1. The van der Waals surface area contributed by atoms with E-state index in [1.807, 2.05) is 49.4 Å². The van der Waals surface area contributed by atoms with Crippen molar-refractivity contribution in [2.45, 2.75) is 33.1 Å². The van der Waals surface area contributed by atoms with Crippen molar-refractivity contribution in [3.63, 3.8) is 0 Å². The molecule has 1 aliphatic rings. The minimum absolute atomic E-state index is 0.00696. The molecule has 3 aromatic rings. The lowest BCUT2D eigenvalue weighted by molar-refractivity contribution is -0.120. The number of hydrogen-bond acceptors (Lipinski definition) is 6. The molecule has 1 aliphatic heterocycles. The summed E-state index contributed by atoms with van der Waals surface area (Å²) in [5.41, 5.74) is 2.61. The normalized spacial score (nSPS) is 16.3. The number of nitrogens with zero attached hydrogens (tertiary/aromatic N) is 5. The fourth-order valence-electron chi connectivity index (χ4n) is 3.68. The van der Waals surface area contributed by atoms with Crippen LogP contribution in [0.3, 0.4) is 0 Å². The molecular formula is C23H26N6O. The van der Waals surface area contributed by atoms with Crippen molar-refractivity contribution >= 4 is 17.5 Å². The highest BCUT2D eigenvalue weighted by atomic mass is 16.2. The van der Waals surface area contributed by atoms with Crippen molar-refractivity contribution in [2.24, 2.45) is 5.92 Å². The second-order valence-corrected chi connectivity index (χ2v) is 7.55. The van der Waals surface area contributed by atoms with Crippen LogP contribution >= 0.6 is 0 Å². The molecule has 0 radical (unpaired) electrons. The summed E-state index contributed by atoms with van der Waals surface area (Å²) in [6.45, 7) is 5.49. The molecule has 7 heteroatoms. The molecule has 0 aliphatic carbocycles. The highest BCUT2D eigenvalue weighted by molar-refractivity contribution is 5.92. The molecule has 7 nitrogen and oxygen atoms in total. The van der Waals surface area contributed by atoms with Gasteiger partial charge in [-0.15, -0.1) is 0 Å². The van der Waals surface area contributed by atoms with Crippen molar-refractivity contribution in [2.75, 3.05) is 23.3 Å². The first-order valence-corrected chi connectivity index (χ1v) is 10.4. The summed E-state index contributed by atoms with van der Waals surface area (Å²) in [7, 11) is 0. The maximum Gasteiger partial charge on any atom is 0.230 e. The second kappa shape index (κ2) is 8.98. The minimum Gasteiger partial charge on any atom is -0.356 e. The highest BCUT2D eigenvalue weighted by Gasteiger charge is 2.27. The summed E-state index contributed by atoms with van der Waals surface area (Å²) in [4.78, 5) is 33.2. The number of hydrogen-bond donors (Lipinski definition) is 1. The lowest BCUT2D eigenvalue weighted by Gasteiger charge is -2.33. The van der Waals surface area contributed by atoms with Crippen molar-refractivity contribution < 1.29 is 4.79 Å². The predicted octanol–water partition coefficient (Wildman–Crippen LogP) is 3.66. The first-order valence-electron chi connectivity index (χ1n) is 10.4. The van der Waals surface area contributed by atoms with Crippen molar-refractivity contribution in [1.29, 1.82) is 0 Å². The standard InChI is InChI=1S/C23H26N6O/c1-3-18-14-21(28-22(26-18)19-10-4-5-12-24-19)29-13-7-9-17(15-29)23(30)27-20-11-6-8-16(2)25-20/h4-6,8,10-12,14,17H,3,7,9,13,15H2,1-2H3,(H,25,27,30). The lowest BCUT2D eigenvalue weighted by atomic mass is 9.97. The van der Waals surface area contributed by atoms with Crippen LogP contribution in [0.25, 0.3) is 11.5 Å². The largest absolute Gasteiger partial charge is 0.356 e. The number of aryl methyl sites for hydroxylation is 2. The first kappa shape index (κ1) is 19.9. The number of nitrogens with one attached hydrogen (secondary N) is 1. The summed E-state index contributed by atoms with van der Waals surface area (Å²) in [5, 5.41) is 2.96. The van der Waals surface area contributed by atoms with Gasteiger partial charge in [-0.25, -0.2) is 15.0 Å². The lowest BCUT2D eigenvalue weighted by Crippen LogP contribution is -2.41. The van der Waals surface area contributed by atoms with Crippen molar-refractivity contribution in [3.05, 3.63) is 60.0 Å². The molecule has 0 aromatic carbocycles. The zero-order valence-corrected chi connectivity index (χ0v) is 17.4. The molecule has 154 valence electrons. The molecule has 0 bridgehead atoms. The van der Waals surface area contributed by atoms with Gasteiger partial charge in [-0.2, -0.15) is 0 Å². The topological polar surface area (TPSA) is 83.9 Å². The van der Waals surface area contributed by atoms with Crippen LogP contribution < -0.4 is 10.2 Å². The molecule has 30 heavy (non-hydrogen) atoms. The maximum absolute atomic E-state index is 12.8. The Bertz CT molecular complexity index is 1020. The van der Waals surface area contributed by atoms with Crippen LogP contribution in [0, 0.1) is 12.8 Å². The van der Waals surface area contributed by atoms with Gasteiger partial charge in [0.2, 0.25) is 5.91 Å². The van der Waals surface area contributed by atoms with Crippen LogP contribution in [0.5, 0.6) is 0 Å². The number of amides is 1. The Morgan fingerprint density at radius 3 is 2.83 bits per heavy atom. The van der Waals surface area contributed by atoms with E-state index in [0.29, 0.717) is 18.2 Å². The van der Waals surface area contributed by atoms with E-state index in [0.717, 1.165) is 48.7 Å². The zero-order valence-electron chi connectivity index (χ0n) is 17.4. The zero-order chi connectivity index (χ0) is 20.9. The number of aromatic nitrogens is 4. The highest BCUT2D eigenvalue weighted by Crippen LogP contribution is 2.25. The van der Waals surface area contributed by atoms with Crippen LogP contribution in [0.1, 0.15) is 31.2 Å². The fourth-order valence-corrected chi connectivity index (χ4v) is 3.68. The molecule has 0 saturated carbocycles. The van der Waals surface area contributed by atoms with Crippen LogP contribution in [0.4, 0.5) is 11.6 Å². The fraction of sp³-hybridized carbons (Fsp3) is 0.348. The SMILES string of the molecule is CCc1cc(N2CCCC(C(=O)Nc3cccc(C)n3)C2)nc(-c2ccccn2)n1. The third kappa shape index (κ3) is 4.62. The average Bonchev–Trinajstić information content (AvgIpc) is 2.79. The van der Waals surface area contributed by atoms with Crippen LogP contribution in [-0.2, 0) is 11.2 Å². The maximum atomic E-state index is 12.8. The van der Waals surface area contributed by atoms with Gasteiger partial charge in [-0.3, -0.25) is 9.78 Å². The van der Waals surface area contributed by atoms with E-state index in [9.17, 15) is 4.79 Å². The monoisotopic (exact) mass is 402 g/mol. The Morgan fingerprint density at radius 2 is 2.07 bits per heavy atom. The number of rotatable bonds is 5. The third-order valence-corrected chi connectivity index (χ3v) is 5.28. The number of pyridine rings is 2. The van der Waals surface area contributed by atoms with E-state index < -0.39 is 0 Å². The molecule has 1 saturated heterocycles. The van der Waals surface area contributed by atoms with E-state index in [4.69, 9.17) is 4.98 Å². The van der Waals surface area contributed by atoms with Gasteiger partial charge >= 0.3 is 0 Å². The molecule has 1 fully saturated rings. The molecule has 0 spiro atoms. The summed E-state index contributed by atoms with van der Waals surface area (Å²) in [6, 6.07) is 13.4. The van der Waals surface area contributed by atoms with Gasteiger partial charge in [-0.1, -0.05) is 19.1 Å². The van der Waals surface area contributed by atoms with Gasteiger partial charge in [0, 0.05) is 36.7 Å². The number of carbonyl (C=O) groups is 1. The van der Waals surface area contributed by atoms with Crippen LogP contribution in [-0.4, -0.2) is 38.9 Å². The van der Waals surface area contributed by atoms with Gasteiger partial charge in [0.15, 0.2) is 5.82 Å². The Morgan fingerprint density at radius 1 is 1.17 bits per heavy atom. The van der Waals surface area contributed by atoms with Gasteiger partial charge in [0.25, 0.3) is 0 Å². The Kier molecular flexibility index (Phi) is 5.97. The smallest absolute Gasteiger partial charge is 0.230 e. The van der Waals surface area contributed by atoms with Crippen LogP contribution in [0.2, 0.25) is 0 Å². The van der Waals surface area contributed by atoms with Crippen molar-refractivity contribution in [3.8, 4) is 11.5 Å². The van der Waals surface area contributed by atoms with E-state index in [-0.39, 0.29) is 11.8 Å². The van der Waals surface area contributed by atoms with E-state index in [2.05, 4.69) is 32.1 Å². The summed E-state index contributed by atoms with van der Waals surface area (Å²) in [6.07, 6.45) is 4.35. The first-order chi connectivity index (χ1) is 14.6. The predicted molar refractivity (Wildman–Crippen MR) is 117 cm³/mol. The summed E-state index contributed by atoms with van der Waals surface area (Å²) >= 11 is 0. The molecule has 1 unspecified atom stereocenters. The molecule has 4 heterocycles. The molecule has 1 amide bonds. The quantitative estimate of drug-likeness (QED) is 0.701. The van der Waals surface area contributed by atoms with Crippen molar-refractivity contribution in [1.82, 2.24) is 19.9 Å². The number of anilines is 2. The summed E-state index contributed by atoms with van der Waals surface area (Å²) in [5.74, 6) is 1.98. The van der Waals surface area contributed by atoms with Gasteiger partial charge < -0.3 is 10.2 Å². The van der Waals surface area contributed by atoms with E-state index >= 15 is 0 Å². The Labute approximate surface area is 176 Å². The Hall–Kier alpha value is -3.35.